The maximum absolute atomic E-state index is 8.62. The zero-order valence-corrected chi connectivity index (χ0v) is 10.2. The molecule has 16 heavy (non-hydrogen) atoms. The van der Waals surface area contributed by atoms with Crippen molar-refractivity contribution in [2.24, 2.45) is 0 Å². The van der Waals surface area contributed by atoms with E-state index < -0.39 is 0 Å². The monoisotopic (exact) mass is 278 g/mol. The van der Waals surface area contributed by atoms with E-state index in [1.54, 1.807) is 11.0 Å². The van der Waals surface area contributed by atoms with Crippen molar-refractivity contribution in [2.45, 2.75) is 6.54 Å². The molecule has 0 fully saturated rings. The highest BCUT2D eigenvalue weighted by atomic mass is 79.9. The average Bonchev–Trinajstić information content (AvgIpc) is 2.23. The lowest BCUT2D eigenvalue weighted by Gasteiger charge is -2.16. The lowest BCUT2D eigenvalue weighted by atomic mass is 10.2. The lowest BCUT2D eigenvalue weighted by molar-refractivity contribution is 0.334. The zero-order chi connectivity index (χ0) is 12.0. The molecule has 0 saturated carbocycles. The van der Waals surface area contributed by atoms with Gasteiger partial charge in [-0.2, -0.15) is 10.5 Å². The van der Waals surface area contributed by atoms with Gasteiger partial charge in [0.1, 0.15) is 0 Å². The molecule has 1 aromatic carbocycles. The summed E-state index contributed by atoms with van der Waals surface area (Å²) >= 11 is 3.41. The summed E-state index contributed by atoms with van der Waals surface area (Å²) in [6, 6.07) is 9.58. The highest BCUT2D eigenvalue weighted by Gasteiger charge is 2.07. The lowest BCUT2D eigenvalue weighted by Crippen LogP contribution is -2.24. The number of hydrogen-bond donors (Lipinski definition) is 1. The molecule has 0 aliphatic carbocycles. The second kappa shape index (κ2) is 6.12. The quantitative estimate of drug-likeness (QED) is 0.674. The number of benzene rings is 1. The fourth-order valence-electron chi connectivity index (χ4n) is 1.30. The molecule has 0 aromatic heterocycles. The van der Waals surface area contributed by atoms with Gasteiger partial charge in [0.25, 0.3) is 0 Å². The van der Waals surface area contributed by atoms with Crippen LogP contribution in [0.1, 0.15) is 5.56 Å². The van der Waals surface area contributed by atoms with Crippen LogP contribution in [-0.4, -0.2) is 18.0 Å². The molecule has 0 radical (unpaired) electrons. The molecule has 82 valence electrons. The van der Waals surface area contributed by atoms with E-state index in [1.807, 2.05) is 24.3 Å². The topological polar surface area (TPSA) is 76.8 Å². The second-order valence-electron chi connectivity index (χ2n) is 3.31. The fraction of sp³-hybridized carbons (Fsp3) is 0.273. The highest BCUT2D eigenvalue weighted by molar-refractivity contribution is 9.10. The Bertz CT molecular complexity index is 428. The summed E-state index contributed by atoms with van der Waals surface area (Å²) in [7, 11) is 0. The largest absolute Gasteiger partial charge is 0.399 e. The standard InChI is InChI=1S/C11H11BrN4/c12-11-7-10(15)2-1-9(11)8-16(5-3-13)6-4-14/h1-2,7H,5-6,8,15H2. The van der Waals surface area contributed by atoms with E-state index in [-0.39, 0.29) is 13.1 Å². The molecule has 0 spiro atoms. The number of anilines is 1. The van der Waals surface area contributed by atoms with Gasteiger partial charge in [0, 0.05) is 16.7 Å². The smallest absolute Gasteiger partial charge is 0.0877 e. The van der Waals surface area contributed by atoms with E-state index in [4.69, 9.17) is 16.3 Å². The number of nitriles is 2. The molecular formula is C11H11BrN4. The summed E-state index contributed by atoms with van der Waals surface area (Å²) in [4.78, 5) is 1.76. The van der Waals surface area contributed by atoms with Crippen molar-refractivity contribution in [2.75, 3.05) is 18.8 Å². The molecule has 0 unspecified atom stereocenters. The molecule has 1 aromatic rings. The van der Waals surface area contributed by atoms with Gasteiger partial charge in [-0.25, -0.2) is 0 Å². The van der Waals surface area contributed by atoms with Gasteiger partial charge in [-0.05, 0) is 17.7 Å². The zero-order valence-electron chi connectivity index (χ0n) is 8.65. The Morgan fingerprint density at radius 3 is 2.38 bits per heavy atom. The number of rotatable bonds is 4. The number of nitrogens with two attached hydrogens (primary N) is 1. The van der Waals surface area contributed by atoms with Crippen LogP contribution in [0.4, 0.5) is 5.69 Å². The van der Waals surface area contributed by atoms with Gasteiger partial charge in [-0.15, -0.1) is 0 Å². The first-order chi connectivity index (χ1) is 7.67. The van der Waals surface area contributed by atoms with Crippen molar-refractivity contribution in [3.05, 3.63) is 28.2 Å². The number of hydrogen-bond acceptors (Lipinski definition) is 4. The third-order valence-corrected chi connectivity index (χ3v) is 2.80. The number of nitrogens with zero attached hydrogens (tertiary/aromatic N) is 3. The van der Waals surface area contributed by atoms with Crippen LogP contribution in [-0.2, 0) is 6.54 Å². The molecule has 0 bridgehead atoms. The Morgan fingerprint density at radius 2 is 1.88 bits per heavy atom. The summed E-state index contributed by atoms with van der Waals surface area (Å²) in [5, 5.41) is 17.2. The SMILES string of the molecule is N#CCN(CC#N)Cc1ccc(N)cc1Br. The van der Waals surface area contributed by atoms with Crippen molar-refractivity contribution in [3.8, 4) is 12.1 Å². The molecule has 1 rings (SSSR count). The van der Waals surface area contributed by atoms with E-state index in [2.05, 4.69) is 15.9 Å². The van der Waals surface area contributed by atoms with Crippen LogP contribution in [0.15, 0.2) is 22.7 Å². The first-order valence-corrected chi connectivity index (χ1v) is 5.47. The van der Waals surface area contributed by atoms with Crippen LogP contribution in [0.5, 0.6) is 0 Å². The van der Waals surface area contributed by atoms with Crippen LogP contribution >= 0.6 is 15.9 Å². The van der Waals surface area contributed by atoms with Crippen LogP contribution < -0.4 is 5.73 Å². The average molecular weight is 279 g/mol. The fourth-order valence-corrected chi connectivity index (χ4v) is 1.82. The summed E-state index contributed by atoms with van der Waals surface area (Å²) in [6.45, 7) is 1.04. The predicted molar refractivity (Wildman–Crippen MR) is 65.1 cm³/mol. The summed E-state index contributed by atoms with van der Waals surface area (Å²) in [5.41, 5.74) is 7.32. The molecule has 0 aliphatic rings. The first-order valence-electron chi connectivity index (χ1n) is 4.67. The van der Waals surface area contributed by atoms with Gasteiger partial charge in [-0.1, -0.05) is 22.0 Å². The highest BCUT2D eigenvalue weighted by Crippen LogP contribution is 2.21. The van der Waals surface area contributed by atoms with Gasteiger partial charge in [0.05, 0.1) is 25.2 Å². The maximum atomic E-state index is 8.62. The minimum Gasteiger partial charge on any atom is -0.399 e. The molecule has 0 atom stereocenters. The second-order valence-corrected chi connectivity index (χ2v) is 4.17. The molecule has 4 nitrogen and oxygen atoms in total. The number of nitrogen functional groups attached to an aromatic ring is 1. The Morgan fingerprint density at radius 1 is 1.25 bits per heavy atom. The molecule has 0 amide bonds. The van der Waals surface area contributed by atoms with Gasteiger partial charge in [0.15, 0.2) is 0 Å². The summed E-state index contributed by atoms with van der Waals surface area (Å²) in [5.74, 6) is 0. The predicted octanol–water partition coefficient (Wildman–Crippen LogP) is 1.88. The van der Waals surface area contributed by atoms with E-state index in [0.29, 0.717) is 12.2 Å². The molecule has 0 saturated heterocycles. The number of halogens is 1. The van der Waals surface area contributed by atoms with Crippen LogP contribution in [0.25, 0.3) is 0 Å². The van der Waals surface area contributed by atoms with Gasteiger partial charge in [-0.3, -0.25) is 4.90 Å². The van der Waals surface area contributed by atoms with Crippen molar-refractivity contribution in [1.82, 2.24) is 4.90 Å². The van der Waals surface area contributed by atoms with Gasteiger partial charge in [0.2, 0.25) is 0 Å². The maximum Gasteiger partial charge on any atom is 0.0877 e. The Balaban J connectivity index is 2.78. The van der Waals surface area contributed by atoms with Crippen molar-refractivity contribution in [3.63, 3.8) is 0 Å². The Hall–Kier alpha value is -1.56. The minimum absolute atomic E-state index is 0.240. The van der Waals surface area contributed by atoms with Crippen LogP contribution in [0, 0.1) is 22.7 Å². The van der Waals surface area contributed by atoms with E-state index in [0.717, 1.165) is 10.0 Å². The Labute approximate surface area is 103 Å². The normalized spacial score (nSPS) is 9.75. The molecule has 2 N–H and O–H groups in total. The molecule has 5 heteroatoms. The summed E-state index contributed by atoms with van der Waals surface area (Å²) < 4.78 is 0.897. The molecular weight excluding hydrogens is 268 g/mol. The third-order valence-electron chi connectivity index (χ3n) is 2.06. The third kappa shape index (κ3) is 3.54. The summed E-state index contributed by atoms with van der Waals surface area (Å²) in [6.07, 6.45) is 0. The first kappa shape index (κ1) is 12.5. The van der Waals surface area contributed by atoms with Crippen molar-refractivity contribution >= 4 is 21.6 Å². The van der Waals surface area contributed by atoms with E-state index in [9.17, 15) is 0 Å². The van der Waals surface area contributed by atoms with Crippen molar-refractivity contribution in [1.29, 1.82) is 10.5 Å². The minimum atomic E-state index is 0.240. The molecule has 0 heterocycles. The van der Waals surface area contributed by atoms with E-state index >= 15 is 0 Å². The molecule has 0 aliphatic heterocycles. The Kier molecular flexibility index (Phi) is 4.78. The van der Waals surface area contributed by atoms with Crippen molar-refractivity contribution < 1.29 is 0 Å². The van der Waals surface area contributed by atoms with E-state index in [1.165, 1.54) is 0 Å². The van der Waals surface area contributed by atoms with Crippen LogP contribution in [0.2, 0.25) is 0 Å². The van der Waals surface area contributed by atoms with Crippen LogP contribution in [0.3, 0.4) is 0 Å². The van der Waals surface area contributed by atoms with Gasteiger partial charge >= 0.3 is 0 Å². The van der Waals surface area contributed by atoms with Gasteiger partial charge < -0.3 is 5.73 Å².